The second kappa shape index (κ2) is 6.99. The van der Waals surface area contributed by atoms with Crippen LogP contribution in [0.4, 0.5) is 5.69 Å². The second-order valence-corrected chi connectivity index (χ2v) is 6.65. The van der Waals surface area contributed by atoms with Gasteiger partial charge in [-0.1, -0.05) is 6.92 Å². The third-order valence-electron chi connectivity index (χ3n) is 4.04. The Labute approximate surface area is 137 Å². The van der Waals surface area contributed by atoms with Crippen LogP contribution < -0.4 is 0 Å². The Morgan fingerprint density at radius 3 is 2.70 bits per heavy atom. The molecule has 0 aromatic heterocycles. The van der Waals surface area contributed by atoms with E-state index >= 15 is 0 Å². The zero-order chi connectivity index (χ0) is 17.1. The maximum absolute atomic E-state index is 12.8. The van der Waals surface area contributed by atoms with E-state index in [-0.39, 0.29) is 17.2 Å². The molecule has 1 aliphatic rings. The predicted octanol–water partition coefficient (Wildman–Crippen LogP) is 2.64. The highest BCUT2D eigenvalue weighted by Gasteiger charge is 2.39. The van der Waals surface area contributed by atoms with Crippen molar-refractivity contribution in [2.24, 2.45) is 5.92 Å². The number of aliphatic carboxylic acids is 1. The minimum absolute atomic E-state index is 0.143. The average Bonchev–Trinajstić information content (AvgIpc) is 2.89. The molecule has 1 heterocycles. The van der Waals surface area contributed by atoms with Crippen LogP contribution in [-0.4, -0.2) is 45.1 Å². The number of carbonyl (C=O) groups excluding carboxylic acids is 1. The summed E-state index contributed by atoms with van der Waals surface area (Å²) in [5.41, 5.74) is 0.124. The second-order valence-electron chi connectivity index (χ2n) is 5.34. The number of benzene rings is 1. The summed E-state index contributed by atoms with van der Waals surface area (Å²) in [6, 6.07) is 3.80. The lowest BCUT2D eigenvalue weighted by Crippen LogP contribution is -2.37. The highest BCUT2D eigenvalue weighted by Crippen LogP contribution is 2.31. The Morgan fingerprint density at radius 2 is 2.17 bits per heavy atom. The molecular weight excluding hydrogens is 320 g/mol. The van der Waals surface area contributed by atoms with Crippen molar-refractivity contribution in [3.05, 3.63) is 33.9 Å². The number of nitro groups is 1. The van der Waals surface area contributed by atoms with E-state index in [1.807, 2.05) is 6.92 Å². The topological polar surface area (TPSA) is 101 Å². The van der Waals surface area contributed by atoms with E-state index in [1.165, 1.54) is 28.8 Å². The predicted molar refractivity (Wildman–Crippen MR) is 85.7 cm³/mol. The lowest BCUT2D eigenvalue weighted by molar-refractivity contribution is -0.384. The highest BCUT2D eigenvalue weighted by molar-refractivity contribution is 7.99. The van der Waals surface area contributed by atoms with Gasteiger partial charge in [0.1, 0.15) is 0 Å². The summed E-state index contributed by atoms with van der Waals surface area (Å²) in [7, 11) is 0. The summed E-state index contributed by atoms with van der Waals surface area (Å²) in [6.45, 7) is 3.98. The van der Waals surface area contributed by atoms with Crippen molar-refractivity contribution in [2.75, 3.05) is 12.3 Å². The number of non-ortho nitro benzene ring substituents is 1. The molecule has 0 bridgehead atoms. The highest BCUT2D eigenvalue weighted by atomic mass is 32.2. The molecule has 1 aromatic carbocycles. The molecule has 8 heteroatoms. The summed E-state index contributed by atoms with van der Waals surface area (Å²) in [5, 5.41) is 20.1. The normalized spacial score (nSPS) is 20.5. The molecule has 7 nitrogen and oxygen atoms in total. The van der Waals surface area contributed by atoms with Gasteiger partial charge in [-0.15, -0.1) is 11.8 Å². The third kappa shape index (κ3) is 3.47. The fraction of sp³-hybridized carbons (Fsp3) is 0.467. The minimum Gasteiger partial charge on any atom is -0.481 e. The average molecular weight is 338 g/mol. The van der Waals surface area contributed by atoms with Gasteiger partial charge in [0.25, 0.3) is 11.6 Å². The van der Waals surface area contributed by atoms with Crippen LogP contribution in [0.15, 0.2) is 23.1 Å². The monoisotopic (exact) mass is 338 g/mol. The first-order chi connectivity index (χ1) is 10.9. The van der Waals surface area contributed by atoms with Crippen molar-refractivity contribution in [1.29, 1.82) is 0 Å². The number of thioether (sulfide) groups is 1. The van der Waals surface area contributed by atoms with Crippen LogP contribution in [0.1, 0.15) is 30.6 Å². The number of likely N-dealkylation sites (tertiary alicyclic amines) is 1. The molecule has 0 aliphatic carbocycles. The van der Waals surface area contributed by atoms with E-state index in [0.717, 1.165) is 5.75 Å². The molecule has 2 rings (SSSR count). The van der Waals surface area contributed by atoms with E-state index in [0.29, 0.717) is 17.9 Å². The summed E-state index contributed by atoms with van der Waals surface area (Å²) in [6.07, 6.45) is 0.396. The number of carboxylic acids is 1. The van der Waals surface area contributed by atoms with E-state index < -0.39 is 22.9 Å². The molecule has 1 aliphatic heterocycles. The van der Waals surface area contributed by atoms with Crippen LogP contribution in [0.5, 0.6) is 0 Å². The first-order valence-electron chi connectivity index (χ1n) is 7.31. The van der Waals surface area contributed by atoms with Crippen LogP contribution in [0.3, 0.4) is 0 Å². The largest absolute Gasteiger partial charge is 0.481 e. The molecule has 2 unspecified atom stereocenters. The fourth-order valence-corrected chi connectivity index (χ4v) is 3.57. The zero-order valence-electron chi connectivity index (χ0n) is 12.9. The van der Waals surface area contributed by atoms with Gasteiger partial charge in [0, 0.05) is 29.6 Å². The molecule has 23 heavy (non-hydrogen) atoms. The van der Waals surface area contributed by atoms with E-state index in [1.54, 1.807) is 13.0 Å². The Balaban J connectivity index is 2.36. The van der Waals surface area contributed by atoms with E-state index in [4.69, 9.17) is 0 Å². The Hall–Kier alpha value is -2.09. The molecule has 0 spiro atoms. The van der Waals surface area contributed by atoms with Crippen LogP contribution in [0.2, 0.25) is 0 Å². The number of nitrogens with zero attached hydrogens (tertiary/aromatic N) is 2. The first-order valence-corrected chi connectivity index (χ1v) is 8.30. The molecule has 1 aromatic rings. The fourth-order valence-electron chi connectivity index (χ4n) is 2.79. The van der Waals surface area contributed by atoms with Crippen molar-refractivity contribution in [3.63, 3.8) is 0 Å². The first kappa shape index (κ1) is 17.3. The Kier molecular flexibility index (Phi) is 5.25. The molecule has 0 saturated carbocycles. The van der Waals surface area contributed by atoms with Gasteiger partial charge in [-0.25, -0.2) is 0 Å². The van der Waals surface area contributed by atoms with Crippen molar-refractivity contribution in [2.45, 2.75) is 31.2 Å². The SMILES string of the molecule is CCSc1ccc([N+](=O)[O-])cc1C(=O)N1CCC(C(=O)O)C1C. The number of amides is 1. The van der Waals surface area contributed by atoms with Crippen LogP contribution >= 0.6 is 11.8 Å². The number of carboxylic acid groups (broad SMARTS) is 1. The number of rotatable bonds is 5. The smallest absolute Gasteiger partial charge is 0.308 e. The summed E-state index contributed by atoms with van der Waals surface area (Å²) < 4.78 is 0. The van der Waals surface area contributed by atoms with E-state index in [9.17, 15) is 24.8 Å². The van der Waals surface area contributed by atoms with E-state index in [2.05, 4.69) is 0 Å². The number of hydrogen-bond acceptors (Lipinski definition) is 5. The molecule has 2 atom stereocenters. The number of hydrogen-bond donors (Lipinski definition) is 1. The van der Waals surface area contributed by atoms with Gasteiger partial charge in [0.15, 0.2) is 0 Å². The van der Waals surface area contributed by atoms with Gasteiger partial charge in [-0.05, 0) is 25.2 Å². The van der Waals surface area contributed by atoms with Gasteiger partial charge in [0.05, 0.1) is 16.4 Å². The maximum Gasteiger partial charge on any atom is 0.308 e. The summed E-state index contributed by atoms with van der Waals surface area (Å²) in [4.78, 5) is 36.6. The third-order valence-corrected chi connectivity index (χ3v) is 4.99. The Bertz CT molecular complexity index is 649. The minimum atomic E-state index is -0.921. The van der Waals surface area contributed by atoms with Crippen molar-refractivity contribution >= 4 is 29.3 Å². The molecule has 1 N–H and O–H groups in total. The molecule has 1 fully saturated rings. The maximum atomic E-state index is 12.8. The summed E-state index contributed by atoms with van der Waals surface area (Å²) >= 11 is 1.43. The standard InChI is InChI=1S/C15H18N2O5S/c1-3-23-13-5-4-10(17(21)22)8-12(13)14(18)16-7-6-11(9(16)2)15(19)20/h4-5,8-9,11H,3,6-7H2,1-2H3,(H,19,20). The van der Waals surface area contributed by atoms with Crippen molar-refractivity contribution < 1.29 is 19.6 Å². The summed E-state index contributed by atoms with van der Waals surface area (Å²) in [5.74, 6) is -1.14. The van der Waals surface area contributed by atoms with Gasteiger partial charge >= 0.3 is 5.97 Å². The number of nitro benzene ring substituents is 1. The lowest BCUT2D eigenvalue weighted by atomic mass is 10.0. The number of carbonyl (C=O) groups is 2. The molecule has 124 valence electrons. The van der Waals surface area contributed by atoms with Gasteiger partial charge in [0.2, 0.25) is 0 Å². The van der Waals surface area contributed by atoms with Crippen molar-refractivity contribution in [1.82, 2.24) is 4.90 Å². The Morgan fingerprint density at radius 1 is 1.48 bits per heavy atom. The molecule has 1 saturated heterocycles. The van der Waals surface area contributed by atoms with Crippen LogP contribution in [0.25, 0.3) is 0 Å². The van der Waals surface area contributed by atoms with Crippen molar-refractivity contribution in [3.8, 4) is 0 Å². The molecule has 1 amide bonds. The van der Waals surface area contributed by atoms with Gasteiger partial charge in [-0.3, -0.25) is 19.7 Å². The molecular formula is C15H18N2O5S. The van der Waals surface area contributed by atoms with Crippen LogP contribution in [-0.2, 0) is 4.79 Å². The van der Waals surface area contributed by atoms with Gasteiger partial charge in [-0.2, -0.15) is 0 Å². The quantitative estimate of drug-likeness (QED) is 0.503. The van der Waals surface area contributed by atoms with Gasteiger partial charge < -0.3 is 10.0 Å². The lowest BCUT2D eigenvalue weighted by Gasteiger charge is -2.24. The molecule has 0 radical (unpaired) electrons. The zero-order valence-corrected chi connectivity index (χ0v) is 13.7. The van der Waals surface area contributed by atoms with Crippen LogP contribution in [0, 0.1) is 16.0 Å².